The van der Waals surface area contributed by atoms with Gasteiger partial charge in [0.15, 0.2) is 0 Å². The van der Waals surface area contributed by atoms with Crippen LogP contribution in [0.4, 0.5) is 11.5 Å². The molecule has 1 aromatic carbocycles. The molecule has 1 atom stereocenters. The number of nitrogens with one attached hydrogen (secondary N) is 1. The lowest BCUT2D eigenvalue weighted by molar-refractivity contribution is 0.645. The number of aromatic nitrogens is 1. The van der Waals surface area contributed by atoms with E-state index >= 15 is 0 Å². The first-order chi connectivity index (χ1) is 9.36. The van der Waals surface area contributed by atoms with Crippen molar-refractivity contribution < 1.29 is 0 Å². The van der Waals surface area contributed by atoms with E-state index in [-0.39, 0.29) is 0 Å². The lowest BCUT2D eigenvalue weighted by Crippen LogP contribution is -2.19. The van der Waals surface area contributed by atoms with Gasteiger partial charge in [0.05, 0.1) is 0 Å². The van der Waals surface area contributed by atoms with Crippen LogP contribution in [0.5, 0.6) is 0 Å². The summed E-state index contributed by atoms with van der Waals surface area (Å²) in [6.07, 6.45) is 4.31. The van der Waals surface area contributed by atoms with Crippen LogP contribution in [0.15, 0.2) is 48.7 Å². The van der Waals surface area contributed by atoms with Crippen molar-refractivity contribution in [2.45, 2.75) is 18.9 Å². The zero-order chi connectivity index (χ0) is 13.1. The van der Waals surface area contributed by atoms with Gasteiger partial charge in [-0.1, -0.05) is 24.3 Å². The standard InChI is InChI=1S/C16H19N3/c1-19(13-7-3-2-4-8-13)16-14(9-5-12-18-16)15-10-6-11-17-15/h2-5,7-9,12,15,17H,6,10-11H2,1H3. The van der Waals surface area contributed by atoms with Crippen molar-refractivity contribution >= 4 is 11.5 Å². The summed E-state index contributed by atoms with van der Waals surface area (Å²) in [7, 11) is 2.08. The molecule has 1 aliphatic heterocycles. The van der Waals surface area contributed by atoms with Gasteiger partial charge in [-0.3, -0.25) is 0 Å². The third-order valence-electron chi connectivity index (χ3n) is 3.71. The molecule has 19 heavy (non-hydrogen) atoms. The monoisotopic (exact) mass is 253 g/mol. The molecule has 3 nitrogen and oxygen atoms in total. The second-order valence-electron chi connectivity index (χ2n) is 4.96. The zero-order valence-corrected chi connectivity index (χ0v) is 11.2. The van der Waals surface area contributed by atoms with Gasteiger partial charge >= 0.3 is 0 Å². The Morgan fingerprint density at radius 1 is 1.16 bits per heavy atom. The number of anilines is 2. The summed E-state index contributed by atoms with van der Waals surface area (Å²) in [6.45, 7) is 1.11. The maximum Gasteiger partial charge on any atom is 0.137 e. The van der Waals surface area contributed by atoms with Gasteiger partial charge in [0.1, 0.15) is 5.82 Å². The van der Waals surface area contributed by atoms with E-state index in [0.717, 1.165) is 12.4 Å². The van der Waals surface area contributed by atoms with E-state index in [4.69, 9.17) is 0 Å². The Bertz CT molecular complexity index is 533. The Morgan fingerprint density at radius 2 is 2.00 bits per heavy atom. The first kappa shape index (κ1) is 12.2. The van der Waals surface area contributed by atoms with Crippen LogP contribution in [0.3, 0.4) is 0 Å². The Labute approximate surface area is 114 Å². The molecule has 0 saturated carbocycles. The summed E-state index contributed by atoms with van der Waals surface area (Å²) >= 11 is 0. The van der Waals surface area contributed by atoms with E-state index in [1.165, 1.54) is 24.1 Å². The first-order valence-electron chi connectivity index (χ1n) is 6.83. The number of hydrogen-bond donors (Lipinski definition) is 1. The van der Waals surface area contributed by atoms with E-state index in [1.807, 2.05) is 18.3 Å². The Hall–Kier alpha value is -1.87. The van der Waals surface area contributed by atoms with Gasteiger partial charge in [-0.05, 0) is 37.6 Å². The molecule has 2 aromatic rings. The van der Waals surface area contributed by atoms with Crippen LogP contribution in [-0.2, 0) is 0 Å². The molecular formula is C16H19N3. The van der Waals surface area contributed by atoms with Crippen LogP contribution in [0, 0.1) is 0 Å². The molecule has 0 spiro atoms. The fraction of sp³-hybridized carbons (Fsp3) is 0.312. The highest BCUT2D eigenvalue weighted by atomic mass is 15.2. The van der Waals surface area contributed by atoms with Crippen molar-refractivity contribution in [1.29, 1.82) is 0 Å². The molecule has 3 heteroatoms. The second kappa shape index (κ2) is 5.41. The topological polar surface area (TPSA) is 28.2 Å². The van der Waals surface area contributed by atoms with Crippen LogP contribution in [0.1, 0.15) is 24.4 Å². The molecule has 0 bridgehead atoms. The molecule has 1 fully saturated rings. The molecular weight excluding hydrogens is 234 g/mol. The minimum Gasteiger partial charge on any atom is -0.329 e. The Kier molecular flexibility index (Phi) is 3.47. The number of benzene rings is 1. The van der Waals surface area contributed by atoms with Crippen molar-refractivity contribution in [2.24, 2.45) is 0 Å². The van der Waals surface area contributed by atoms with Gasteiger partial charge in [-0.25, -0.2) is 4.98 Å². The van der Waals surface area contributed by atoms with Crippen LogP contribution in [0.25, 0.3) is 0 Å². The average molecular weight is 253 g/mol. The molecule has 1 aromatic heterocycles. The highest BCUT2D eigenvalue weighted by molar-refractivity contribution is 5.62. The third kappa shape index (κ3) is 2.47. The summed E-state index contributed by atoms with van der Waals surface area (Å²) in [5.41, 5.74) is 2.46. The number of hydrogen-bond acceptors (Lipinski definition) is 3. The fourth-order valence-electron chi connectivity index (χ4n) is 2.69. The zero-order valence-electron chi connectivity index (χ0n) is 11.2. The Morgan fingerprint density at radius 3 is 2.74 bits per heavy atom. The molecule has 1 saturated heterocycles. The highest BCUT2D eigenvalue weighted by Crippen LogP contribution is 2.32. The molecule has 3 rings (SSSR count). The molecule has 0 aliphatic carbocycles. The summed E-state index contributed by atoms with van der Waals surface area (Å²) in [5, 5.41) is 3.55. The maximum atomic E-state index is 4.59. The van der Waals surface area contributed by atoms with Crippen molar-refractivity contribution in [3.8, 4) is 0 Å². The molecule has 1 aliphatic rings. The van der Waals surface area contributed by atoms with Gasteiger partial charge in [0, 0.05) is 30.5 Å². The highest BCUT2D eigenvalue weighted by Gasteiger charge is 2.21. The number of rotatable bonds is 3. The normalized spacial score (nSPS) is 18.5. The van der Waals surface area contributed by atoms with Gasteiger partial charge in [-0.15, -0.1) is 0 Å². The fourth-order valence-corrected chi connectivity index (χ4v) is 2.69. The lowest BCUT2D eigenvalue weighted by Gasteiger charge is -2.23. The second-order valence-corrected chi connectivity index (χ2v) is 4.96. The Balaban J connectivity index is 1.96. The summed E-state index contributed by atoms with van der Waals surface area (Å²) in [4.78, 5) is 6.75. The van der Waals surface area contributed by atoms with E-state index in [0.29, 0.717) is 6.04 Å². The molecule has 0 amide bonds. The van der Waals surface area contributed by atoms with Crippen molar-refractivity contribution in [3.05, 3.63) is 54.2 Å². The number of para-hydroxylation sites is 1. The van der Waals surface area contributed by atoms with Crippen molar-refractivity contribution in [2.75, 3.05) is 18.5 Å². The van der Waals surface area contributed by atoms with Crippen molar-refractivity contribution in [1.82, 2.24) is 10.3 Å². The van der Waals surface area contributed by atoms with Crippen LogP contribution >= 0.6 is 0 Å². The van der Waals surface area contributed by atoms with E-state index in [1.54, 1.807) is 0 Å². The molecule has 98 valence electrons. The third-order valence-corrected chi connectivity index (χ3v) is 3.71. The minimum absolute atomic E-state index is 0.440. The van der Waals surface area contributed by atoms with Gasteiger partial charge in [-0.2, -0.15) is 0 Å². The van der Waals surface area contributed by atoms with Gasteiger partial charge < -0.3 is 10.2 Å². The van der Waals surface area contributed by atoms with E-state index in [2.05, 4.69) is 52.6 Å². The van der Waals surface area contributed by atoms with Gasteiger partial charge in [0.25, 0.3) is 0 Å². The summed E-state index contributed by atoms with van der Waals surface area (Å²) in [5.74, 6) is 1.05. The average Bonchev–Trinajstić information content (AvgIpc) is 3.01. The smallest absolute Gasteiger partial charge is 0.137 e. The lowest BCUT2D eigenvalue weighted by atomic mass is 10.1. The van der Waals surface area contributed by atoms with Crippen LogP contribution < -0.4 is 10.2 Å². The first-order valence-corrected chi connectivity index (χ1v) is 6.83. The van der Waals surface area contributed by atoms with Gasteiger partial charge in [0.2, 0.25) is 0 Å². The predicted molar refractivity (Wildman–Crippen MR) is 78.7 cm³/mol. The molecule has 1 unspecified atom stereocenters. The largest absolute Gasteiger partial charge is 0.329 e. The SMILES string of the molecule is CN(c1ccccc1)c1ncccc1C1CCCN1. The molecule has 2 heterocycles. The number of pyridine rings is 1. The van der Waals surface area contributed by atoms with E-state index < -0.39 is 0 Å². The van der Waals surface area contributed by atoms with Crippen LogP contribution in [-0.4, -0.2) is 18.6 Å². The minimum atomic E-state index is 0.440. The molecule has 1 N–H and O–H groups in total. The van der Waals surface area contributed by atoms with E-state index in [9.17, 15) is 0 Å². The van der Waals surface area contributed by atoms with Crippen LogP contribution in [0.2, 0.25) is 0 Å². The van der Waals surface area contributed by atoms with Crippen molar-refractivity contribution in [3.63, 3.8) is 0 Å². The molecule has 0 radical (unpaired) electrons. The summed E-state index contributed by atoms with van der Waals surface area (Å²) in [6, 6.07) is 15.0. The maximum absolute atomic E-state index is 4.59. The quantitative estimate of drug-likeness (QED) is 0.910. The number of nitrogens with zero attached hydrogens (tertiary/aromatic N) is 2. The summed E-state index contributed by atoms with van der Waals surface area (Å²) < 4.78 is 0. The predicted octanol–water partition coefficient (Wildman–Crippen LogP) is 3.27.